The second kappa shape index (κ2) is 8.35. The van der Waals surface area contributed by atoms with Crippen molar-refractivity contribution in [2.45, 2.75) is 68.9 Å². The highest BCUT2D eigenvalue weighted by atomic mass is 35.5. The van der Waals surface area contributed by atoms with Crippen LogP contribution in [0.3, 0.4) is 0 Å². The van der Waals surface area contributed by atoms with Crippen LogP contribution in [-0.4, -0.2) is 66.6 Å². The zero-order valence-electron chi connectivity index (χ0n) is 16.1. The lowest BCUT2D eigenvalue weighted by Gasteiger charge is -2.37. The maximum atomic E-state index is 12.4. The molecule has 0 aromatic rings. The van der Waals surface area contributed by atoms with Gasteiger partial charge in [0.1, 0.15) is 12.9 Å². The summed E-state index contributed by atoms with van der Waals surface area (Å²) in [6, 6.07) is 0.622. The van der Waals surface area contributed by atoms with Crippen molar-refractivity contribution in [3.05, 3.63) is 12.2 Å². The topological polar surface area (TPSA) is 74.9 Å². The van der Waals surface area contributed by atoms with Gasteiger partial charge in [0.15, 0.2) is 0 Å². The minimum absolute atomic E-state index is 0.00294. The Morgan fingerprint density at radius 1 is 1.26 bits per heavy atom. The number of allylic oxidation sites excluding steroid dienone is 1. The average Bonchev–Trinajstić information content (AvgIpc) is 3.26. The fourth-order valence-corrected chi connectivity index (χ4v) is 5.32. The van der Waals surface area contributed by atoms with Crippen molar-refractivity contribution < 1.29 is 14.3 Å². The molecule has 27 heavy (non-hydrogen) atoms. The first kappa shape index (κ1) is 19.6. The number of amides is 1. The van der Waals surface area contributed by atoms with Crippen LogP contribution in [0.2, 0.25) is 0 Å². The number of hydrogen-bond donors (Lipinski definition) is 3. The highest BCUT2D eigenvalue weighted by Gasteiger charge is 2.42. The average molecular weight is 399 g/mol. The quantitative estimate of drug-likeness (QED) is 0.483. The van der Waals surface area contributed by atoms with Crippen LogP contribution in [0.15, 0.2) is 12.2 Å². The van der Waals surface area contributed by atoms with Crippen molar-refractivity contribution in [2.24, 2.45) is 11.8 Å². The summed E-state index contributed by atoms with van der Waals surface area (Å²) in [5.41, 5.74) is 3.47. The van der Waals surface area contributed by atoms with Crippen molar-refractivity contribution in [2.75, 3.05) is 19.9 Å². The second-order valence-electron chi connectivity index (χ2n) is 8.48. The molecule has 1 amide bonds. The van der Waals surface area contributed by atoms with Gasteiger partial charge in [0, 0.05) is 31.1 Å². The number of carbonyl (C=O) groups excluding carboxylic acids is 1. The number of halogens is 1. The highest BCUT2D eigenvalue weighted by molar-refractivity contribution is 6.21. The van der Waals surface area contributed by atoms with E-state index >= 15 is 0 Å². The van der Waals surface area contributed by atoms with E-state index in [1.54, 1.807) is 6.08 Å². The number of ether oxygens (including phenoxy) is 2. The monoisotopic (exact) mass is 398 g/mol. The number of piperidine rings is 1. The summed E-state index contributed by atoms with van der Waals surface area (Å²) in [5, 5.41) is 8.96. The molecule has 7 atom stereocenters. The standard InChI is InChI=1S/C19H31ClN4O3/c1-11(2)24-19-13(8-22-24)7-14(9-21-19)23-17(25)4-3-12-5-15(20)18-16(6-12)26-10-27-18/h3-4,11-16,18-19,21-22H,5-10H2,1-2H3,(H,23,25)/b4-3+. The lowest BCUT2D eigenvalue weighted by Crippen LogP contribution is -2.58. The molecule has 0 aromatic carbocycles. The summed E-state index contributed by atoms with van der Waals surface area (Å²) in [5.74, 6) is 0.750. The molecule has 0 spiro atoms. The van der Waals surface area contributed by atoms with Gasteiger partial charge < -0.3 is 14.8 Å². The largest absolute Gasteiger partial charge is 0.349 e. The van der Waals surface area contributed by atoms with Crippen molar-refractivity contribution >= 4 is 17.5 Å². The molecule has 0 bridgehead atoms. The van der Waals surface area contributed by atoms with Crippen molar-refractivity contribution in [1.29, 1.82) is 0 Å². The summed E-state index contributed by atoms with van der Waals surface area (Å²) in [6.45, 7) is 6.47. The van der Waals surface area contributed by atoms with E-state index in [0.29, 0.717) is 24.9 Å². The molecule has 1 saturated carbocycles. The van der Waals surface area contributed by atoms with Crippen LogP contribution in [-0.2, 0) is 14.3 Å². The van der Waals surface area contributed by atoms with E-state index in [-0.39, 0.29) is 35.5 Å². The molecule has 4 aliphatic rings. The third-order valence-corrected chi connectivity index (χ3v) is 6.62. The normalized spacial score (nSPS) is 42.4. The zero-order chi connectivity index (χ0) is 19.0. The number of alkyl halides is 1. The Hall–Kier alpha value is -0.700. The van der Waals surface area contributed by atoms with E-state index in [0.717, 1.165) is 32.4 Å². The van der Waals surface area contributed by atoms with Crippen molar-refractivity contribution in [1.82, 2.24) is 21.1 Å². The number of hydrazine groups is 1. The molecule has 0 aromatic heterocycles. The number of carbonyl (C=O) groups is 1. The first-order chi connectivity index (χ1) is 13.0. The van der Waals surface area contributed by atoms with Crippen LogP contribution < -0.4 is 16.1 Å². The number of rotatable bonds is 4. The molecule has 8 heteroatoms. The molecule has 3 saturated heterocycles. The number of fused-ring (bicyclic) bond motifs is 2. The summed E-state index contributed by atoms with van der Waals surface area (Å²) in [4.78, 5) is 12.4. The predicted molar refractivity (Wildman–Crippen MR) is 103 cm³/mol. The maximum absolute atomic E-state index is 12.4. The van der Waals surface area contributed by atoms with Gasteiger partial charge in [-0.05, 0) is 45.1 Å². The number of nitrogens with zero attached hydrogens (tertiary/aromatic N) is 1. The molecule has 152 valence electrons. The summed E-state index contributed by atoms with van der Waals surface area (Å²) in [7, 11) is 0. The second-order valence-corrected chi connectivity index (χ2v) is 9.04. The molecule has 3 N–H and O–H groups in total. The van der Waals surface area contributed by atoms with E-state index in [4.69, 9.17) is 21.1 Å². The molecule has 7 nitrogen and oxygen atoms in total. The van der Waals surface area contributed by atoms with Gasteiger partial charge in [-0.15, -0.1) is 11.6 Å². The lowest BCUT2D eigenvalue weighted by atomic mass is 9.85. The zero-order valence-corrected chi connectivity index (χ0v) is 16.8. The molecular weight excluding hydrogens is 368 g/mol. The Balaban J connectivity index is 1.25. The maximum Gasteiger partial charge on any atom is 0.243 e. The Kier molecular flexibility index (Phi) is 6.06. The van der Waals surface area contributed by atoms with Gasteiger partial charge in [0.25, 0.3) is 0 Å². The van der Waals surface area contributed by atoms with Gasteiger partial charge in [0.05, 0.1) is 17.6 Å². The van der Waals surface area contributed by atoms with Gasteiger partial charge in [-0.2, -0.15) is 0 Å². The summed E-state index contributed by atoms with van der Waals surface area (Å²) >= 11 is 6.41. The fourth-order valence-electron chi connectivity index (χ4n) is 4.86. The molecule has 4 fully saturated rings. The summed E-state index contributed by atoms with van der Waals surface area (Å²) in [6.07, 6.45) is 6.75. The van der Waals surface area contributed by atoms with Crippen molar-refractivity contribution in [3.8, 4) is 0 Å². The minimum atomic E-state index is -0.0535. The van der Waals surface area contributed by atoms with Gasteiger partial charge in [-0.1, -0.05) is 6.08 Å². The van der Waals surface area contributed by atoms with Crippen LogP contribution in [0.1, 0.15) is 33.1 Å². The highest BCUT2D eigenvalue weighted by Crippen LogP contribution is 2.35. The Morgan fingerprint density at radius 2 is 2.11 bits per heavy atom. The molecule has 7 unspecified atom stereocenters. The number of hydrogen-bond acceptors (Lipinski definition) is 6. The third-order valence-electron chi connectivity index (χ3n) is 6.19. The van der Waals surface area contributed by atoms with E-state index in [1.807, 2.05) is 6.08 Å². The molecule has 3 aliphatic heterocycles. The van der Waals surface area contributed by atoms with E-state index in [2.05, 4.69) is 34.9 Å². The Morgan fingerprint density at radius 3 is 2.93 bits per heavy atom. The van der Waals surface area contributed by atoms with E-state index in [9.17, 15) is 4.79 Å². The predicted octanol–water partition coefficient (Wildman–Crippen LogP) is 0.951. The molecule has 0 radical (unpaired) electrons. The first-order valence-electron chi connectivity index (χ1n) is 10.1. The van der Waals surface area contributed by atoms with Gasteiger partial charge in [-0.25, -0.2) is 5.01 Å². The van der Waals surface area contributed by atoms with Gasteiger partial charge >= 0.3 is 0 Å². The lowest BCUT2D eigenvalue weighted by molar-refractivity contribution is -0.117. The number of nitrogens with one attached hydrogen (secondary N) is 3. The SMILES string of the molecule is CC(C)N1NCC2CC(NC(=O)/C=C/C3CC(Cl)C4OCOC4C3)CNC21. The molecule has 3 heterocycles. The van der Waals surface area contributed by atoms with Crippen LogP contribution in [0.4, 0.5) is 0 Å². The van der Waals surface area contributed by atoms with Crippen molar-refractivity contribution in [3.63, 3.8) is 0 Å². The first-order valence-corrected chi connectivity index (χ1v) is 10.6. The van der Waals surface area contributed by atoms with Crippen LogP contribution in [0.25, 0.3) is 0 Å². The van der Waals surface area contributed by atoms with Crippen LogP contribution in [0.5, 0.6) is 0 Å². The summed E-state index contributed by atoms with van der Waals surface area (Å²) < 4.78 is 11.1. The Bertz CT molecular complexity index is 575. The van der Waals surface area contributed by atoms with Crippen LogP contribution >= 0.6 is 11.6 Å². The van der Waals surface area contributed by atoms with Gasteiger partial charge in [-0.3, -0.25) is 15.5 Å². The van der Waals surface area contributed by atoms with Gasteiger partial charge in [0.2, 0.25) is 5.91 Å². The molecule has 4 rings (SSSR count). The van der Waals surface area contributed by atoms with Crippen LogP contribution in [0, 0.1) is 11.8 Å². The minimum Gasteiger partial charge on any atom is -0.349 e. The van der Waals surface area contributed by atoms with E-state index < -0.39 is 0 Å². The molecular formula is C19H31ClN4O3. The molecule has 1 aliphatic carbocycles. The fraction of sp³-hybridized carbons (Fsp3) is 0.842. The third kappa shape index (κ3) is 4.33. The Labute approximate surface area is 166 Å². The smallest absolute Gasteiger partial charge is 0.243 e. The van der Waals surface area contributed by atoms with E-state index in [1.165, 1.54) is 0 Å².